The Morgan fingerprint density at radius 3 is 1.00 bits per heavy atom. The fraction of sp³-hybridized carbons (Fsp3) is 0. The van der Waals surface area contributed by atoms with Gasteiger partial charge in [0, 0.05) is 0 Å². The van der Waals surface area contributed by atoms with E-state index in [0.29, 0.717) is 0 Å². The van der Waals surface area contributed by atoms with Crippen LogP contribution < -0.4 is 0 Å². The zero-order valence-electron chi connectivity index (χ0n) is 7.65. The monoisotopic (exact) mass is 272 g/mol. The van der Waals surface area contributed by atoms with E-state index in [1.165, 1.54) is 0 Å². The maximum Gasteiger partial charge on any atom is -0.172 e. The normalized spacial score (nSPS) is 6.69. The van der Waals surface area contributed by atoms with E-state index in [1.54, 1.807) is 0 Å². The summed E-state index contributed by atoms with van der Waals surface area (Å²) in [5.41, 5.74) is 0. The van der Waals surface area contributed by atoms with Crippen molar-refractivity contribution in [2.75, 3.05) is 0 Å². The standard InChI is InChI=1S/2C5H5.CH3.BrH.Ti/c2*1-2-4-5-3-1;;;/h2*1-5H;1H3;1H;/q3*-1;;+4/p-1. The first kappa shape index (κ1) is 15.4. The molecule has 0 heterocycles. The topological polar surface area (TPSA) is 0 Å². The summed E-state index contributed by atoms with van der Waals surface area (Å²) < 4.78 is 0. The Bertz CT molecular complexity index is 149. The van der Waals surface area contributed by atoms with E-state index in [1.807, 2.05) is 79.0 Å². The van der Waals surface area contributed by atoms with E-state index in [9.17, 15) is 0 Å². The fourth-order valence-corrected chi connectivity index (χ4v) is 0.642. The molecule has 2 heteroatoms. The van der Waals surface area contributed by atoms with Gasteiger partial charge in [0.15, 0.2) is 0 Å². The van der Waals surface area contributed by atoms with Crippen molar-refractivity contribution in [3.63, 3.8) is 0 Å². The second kappa shape index (κ2) is 14.4. The zero-order valence-corrected chi connectivity index (χ0v) is 10.8. The van der Waals surface area contributed by atoms with Crippen LogP contribution in [0.2, 0.25) is 0 Å². The van der Waals surface area contributed by atoms with Crippen molar-refractivity contribution in [1.29, 1.82) is 0 Å². The molecular formula is C11H13BrTi. The molecule has 0 atom stereocenters. The Kier molecular flexibility index (Phi) is 17.0. The maximum atomic E-state index is 2.94. The van der Waals surface area contributed by atoms with Gasteiger partial charge in [0.25, 0.3) is 0 Å². The molecule has 0 N–H and O–H groups in total. The Labute approximate surface area is 99.2 Å². The van der Waals surface area contributed by atoms with Gasteiger partial charge < -0.3 is 7.43 Å². The molecule has 0 amide bonds. The average molecular weight is 273 g/mol. The third kappa shape index (κ3) is 11.9. The number of hydrogen-bond donors (Lipinski definition) is 0. The maximum absolute atomic E-state index is 2.94. The van der Waals surface area contributed by atoms with Crippen molar-refractivity contribution in [1.82, 2.24) is 0 Å². The summed E-state index contributed by atoms with van der Waals surface area (Å²) in [6.07, 6.45) is 0. The van der Waals surface area contributed by atoms with Gasteiger partial charge in [0.05, 0.1) is 0 Å². The summed E-state index contributed by atoms with van der Waals surface area (Å²) in [7, 11) is 0. The van der Waals surface area contributed by atoms with Crippen LogP contribution in [0, 0.1) is 7.43 Å². The van der Waals surface area contributed by atoms with Crippen molar-refractivity contribution >= 4 is 13.2 Å². The van der Waals surface area contributed by atoms with Gasteiger partial charge in [0.1, 0.15) is 0 Å². The molecule has 0 saturated heterocycles. The second-order valence-electron chi connectivity index (χ2n) is 1.92. The van der Waals surface area contributed by atoms with Gasteiger partial charge in [-0.05, 0) is 0 Å². The van der Waals surface area contributed by atoms with Crippen LogP contribution in [0.3, 0.4) is 0 Å². The van der Waals surface area contributed by atoms with Gasteiger partial charge in [-0.15, -0.1) is 0 Å². The van der Waals surface area contributed by atoms with Crippen LogP contribution in [0.15, 0.2) is 60.7 Å². The number of rotatable bonds is 0. The molecule has 2 rings (SSSR count). The van der Waals surface area contributed by atoms with Crippen molar-refractivity contribution in [3.8, 4) is 0 Å². The molecule has 0 unspecified atom stereocenters. The van der Waals surface area contributed by atoms with Crippen molar-refractivity contribution in [2.24, 2.45) is 0 Å². The molecule has 13 heavy (non-hydrogen) atoms. The predicted octanol–water partition coefficient (Wildman–Crippen LogP) is 4.10. The Hall–Kier alpha value is -0.106. The van der Waals surface area contributed by atoms with Crippen molar-refractivity contribution < 1.29 is 18.3 Å². The summed E-state index contributed by atoms with van der Waals surface area (Å²) in [5.74, 6) is 0. The molecule has 0 aliphatic heterocycles. The van der Waals surface area contributed by atoms with E-state index in [-0.39, 0.29) is 7.43 Å². The molecule has 0 aromatic heterocycles. The van der Waals surface area contributed by atoms with Crippen LogP contribution >= 0.6 is 13.2 Å². The SMILES string of the molecule is [CH3-].[Ti+3][Br].c1cc[cH-]c1.c1cc[cH-]c1. The number of halogens is 1. The largest absolute Gasteiger partial charge is 0.214 e. The molecule has 0 fully saturated rings. The van der Waals surface area contributed by atoms with Crippen LogP contribution in [0.5, 0.6) is 0 Å². The summed E-state index contributed by atoms with van der Waals surface area (Å²) in [5, 5.41) is 0. The van der Waals surface area contributed by atoms with Gasteiger partial charge in [-0.25, -0.2) is 24.3 Å². The van der Waals surface area contributed by atoms with Gasteiger partial charge >= 0.3 is 31.5 Å². The quantitative estimate of drug-likeness (QED) is 0.500. The van der Waals surface area contributed by atoms with Crippen LogP contribution in [0.4, 0.5) is 0 Å². The van der Waals surface area contributed by atoms with E-state index >= 15 is 0 Å². The van der Waals surface area contributed by atoms with Gasteiger partial charge in [-0.3, -0.25) is 0 Å². The Morgan fingerprint density at radius 2 is 0.923 bits per heavy atom. The molecular weight excluding hydrogens is 260 g/mol. The zero-order chi connectivity index (χ0) is 9.07. The summed E-state index contributed by atoms with van der Waals surface area (Å²) in [4.78, 5) is 0. The number of hydrogen-bond acceptors (Lipinski definition) is 0. The molecule has 0 aliphatic rings. The smallest absolute Gasteiger partial charge is 0.172 e. The van der Waals surface area contributed by atoms with E-state index < -0.39 is 0 Å². The van der Waals surface area contributed by atoms with Crippen molar-refractivity contribution in [3.05, 3.63) is 68.1 Å². The summed E-state index contributed by atoms with van der Waals surface area (Å²) in [6.45, 7) is 0. The van der Waals surface area contributed by atoms with Crippen LogP contribution in [-0.2, 0) is 18.3 Å². The third-order valence-electron chi connectivity index (χ3n) is 1.11. The molecule has 2 aromatic carbocycles. The molecule has 0 bridgehead atoms. The summed E-state index contributed by atoms with van der Waals surface area (Å²) in [6, 6.07) is 20.0. The summed E-state index contributed by atoms with van der Waals surface area (Å²) >= 11 is 4.75. The van der Waals surface area contributed by atoms with E-state index in [0.717, 1.165) is 0 Å². The first-order valence-electron chi connectivity index (χ1n) is 3.52. The minimum absolute atomic E-state index is 0. The van der Waals surface area contributed by atoms with Crippen LogP contribution in [-0.4, -0.2) is 0 Å². The first-order valence-corrected chi connectivity index (χ1v) is 7.38. The molecule has 0 spiro atoms. The predicted molar refractivity (Wildman–Crippen MR) is 59.4 cm³/mol. The average Bonchev–Trinajstić information content (AvgIpc) is 2.87. The van der Waals surface area contributed by atoms with Gasteiger partial charge in [0.2, 0.25) is 0 Å². The second-order valence-corrected chi connectivity index (χ2v) is 1.92. The van der Waals surface area contributed by atoms with Crippen LogP contribution in [0.1, 0.15) is 0 Å². The third-order valence-corrected chi connectivity index (χ3v) is 1.11. The Morgan fingerprint density at radius 1 is 0.692 bits per heavy atom. The Balaban J connectivity index is 0. The first-order chi connectivity index (χ1) is 6.00. The molecule has 0 aliphatic carbocycles. The van der Waals surface area contributed by atoms with Gasteiger partial charge in [-0.1, -0.05) is 0 Å². The van der Waals surface area contributed by atoms with Gasteiger partial charge in [-0.2, -0.15) is 36.4 Å². The molecule has 0 saturated carbocycles. The van der Waals surface area contributed by atoms with Crippen LogP contribution in [0.25, 0.3) is 0 Å². The fourth-order valence-electron chi connectivity index (χ4n) is 0.642. The van der Waals surface area contributed by atoms with Crippen molar-refractivity contribution in [2.45, 2.75) is 0 Å². The molecule has 0 radical (unpaired) electrons. The van der Waals surface area contributed by atoms with E-state index in [4.69, 9.17) is 0 Å². The minimum atomic E-state index is 0. The van der Waals surface area contributed by atoms with E-state index in [2.05, 4.69) is 13.2 Å². The molecule has 2 aromatic rings. The minimum Gasteiger partial charge on any atom is -0.214 e. The molecule has 68 valence electrons. The molecule has 0 nitrogen and oxygen atoms in total.